The quantitative estimate of drug-likeness (QED) is 0.682. The monoisotopic (exact) mass is 428 g/mol. The molecule has 0 bridgehead atoms. The SMILES string of the molecule is CC(C)(CNC(=O)CCNC(=O)c1ccc(F)cc1F)c1ccc(Cl)c(Cl)c1. The van der Waals surface area contributed by atoms with Crippen LogP contribution in [0.2, 0.25) is 10.0 Å². The number of halogens is 4. The van der Waals surface area contributed by atoms with Crippen LogP contribution in [0.3, 0.4) is 0 Å². The number of amides is 2. The van der Waals surface area contributed by atoms with Gasteiger partial charge in [-0.2, -0.15) is 0 Å². The molecule has 28 heavy (non-hydrogen) atoms. The van der Waals surface area contributed by atoms with Crippen molar-refractivity contribution in [2.24, 2.45) is 0 Å². The molecule has 4 nitrogen and oxygen atoms in total. The van der Waals surface area contributed by atoms with E-state index in [0.29, 0.717) is 22.7 Å². The second kappa shape index (κ2) is 9.34. The van der Waals surface area contributed by atoms with Crippen LogP contribution < -0.4 is 10.6 Å². The first-order valence-corrected chi connectivity index (χ1v) is 9.31. The Morgan fingerprint density at radius 3 is 2.36 bits per heavy atom. The average molecular weight is 429 g/mol. The predicted molar refractivity (Wildman–Crippen MR) is 106 cm³/mol. The van der Waals surface area contributed by atoms with Gasteiger partial charge in [-0.3, -0.25) is 9.59 Å². The molecule has 0 spiro atoms. The Morgan fingerprint density at radius 1 is 1.00 bits per heavy atom. The number of carbonyl (C=O) groups is 2. The van der Waals surface area contributed by atoms with Crippen LogP contribution in [0.5, 0.6) is 0 Å². The van der Waals surface area contributed by atoms with Crippen LogP contribution in [0.1, 0.15) is 36.2 Å². The van der Waals surface area contributed by atoms with Gasteiger partial charge in [-0.25, -0.2) is 8.78 Å². The van der Waals surface area contributed by atoms with Gasteiger partial charge in [-0.15, -0.1) is 0 Å². The Labute approximate surface area is 172 Å². The molecule has 0 saturated heterocycles. The van der Waals surface area contributed by atoms with Gasteiger partial charge in [0.1, 0.15) is 11.6 Å². The summed E-state index contributed by atoms with van der Waals surface area (Å²) in [4.78, 5) is 23.9. The van der Waals surface area contributed by atoms with E-state index < -0.39 is 17.5 Å². The van der Waals surface area contributed by atoms with Gasteiger partial charge in [0, 0.05) is 31.0 Å². The van der Waals surface area contributed by atoms with E-state index in [0.717, 1.165) is 17.7 Å². The second-order valence-electron chi connectivity index (χ2n) is 6.92. The molecule has 0 atom stereocenters. The lowest BCUT2D eigenvalue weighted by Gasteiger charge is -2.26. The predicted octanol–water partition coefficient (Wildman–Crippen LogP) is 4.49. The summed E-state index contributed by atoms with van der Waals surface area (Å²) in [6.45, 7) is 4.27. The van der Waals surface area contributed by atoms with Crippen molar-refractivity contribution < 1.29 is 18.4 Å². The molecule has 2 N–H and O–H groups in total. The summed E-state index contributed by atoms with van der Waals surface area (Å²) in [5.74, 6) is -2.70. The Kier molecular flexibility index (Phi) is 7.38. The summed E-state index contributed by atoms with van der Waals surface area (Å²) < 4.78 is 26.4. The third-order valence-electron chi connectivity index (χ3n) is 4.24. The zero-order chi connectivity index (χ0) is 20.9. The molecule has 150 valence electrons. The van der Waals surface area contributed by atoms with E-state index in [1.165, 1.54) is 0 Å². The number of hydrogen-bond acceptors (Lipinski definition) is 2. The minimum atomic E-state index is -0.953. The molecular formula is C20H20Cl2F2N2O2. The fourth-order valence-electron chi connectivity index (χ4n) is 2.49. The Hall–Kier alpha value is -2.18. The summed E-state index contributed by atoms with van der Waals surface area (Å²) in [5.41, 5.74) is 0.259. The first kappa shape index (κ1) is 22.1. The normalized spacial score (nSPS) is 11.2. The molecule has 0 aliphatic carbocycles. The first-order chi connectivity index (χ1) is 13.1. The highest BCUT2D eigenvalue weighted by Crippen LogP contribution is 2.29. The molecule has 0 aromatic heterocycles. The summed E-state index contributed by atoms with van der Waals surface area (Å²) in [6.07, 6.45) is 0.0198. The lowest BCUT2D eigenvalue weighted by molar-refractivity contribution is -0.121. The molecule has 0 radical (unpaired) electrons. The zero-order valence-corrected chi connectivity index (χ0v) is 16.9. The average Bonchev–Trinajstić information content (AvgIpc) is 2.62. The Balaban J connectivity index is 1.82. The molecule has 0 aliphatic heterocycles. The van der Waals surface area contributed by atoms with Crippen molar-refractivity contribution in [3.63, 3.8) is 0 Å². The van der Waals surface area contributed by atoms with Crippen molar-refractivity contribution in [1.29, 1.82) is 0 Å². The van der Waals surface area contributed by atoms with E-state index in [1.807, 2.05) is 19.9 Å². The number of rotatable bonds is 7. The minimum absolute atomic E-state index is 0.0198. The third kappa shape index (κ3) is 5.91. The van der Waals surface area contributed by atoms with E-state index in [2.05, 4.69) is 10.6 Å². The molecule has 0 unspecified atom stereocenters. The second-order valence-corrected chi connectivity index (χ2v) is 7.73. The maximum absolute atomic E-state index is 13.6. The molecule has 2 aromatic rings. The molecule has 0 heterocycles. The van der Waals surface area contributed by atoms with E-state index in [1.54, 1.807) is 12.1 Å². The van der Waals surface area contributed by atoms with Crippen LogP contribution in [0.25, 0.3) is 0 Å². The highest BCUT2D eigenvalue weighted by atomic mass is 35.5. The zero-order valence-electron chi connectivity index (χ0n) is 15.4. The fourth-order valence-corrected chi connectivity index (χ4v) is 2.78. The number of nitrogens with one attached hydrogen (secondary N) is 2. The molecule has 8 heteroatoms. The summed E-state index contributed by atoms with van der Waals surface area (Å²) >= 11 is 12.0. The van der Waals surface area contributed by atoms with Crippen molar-refractivity contribution >= 4 is 35.0 Å². The van der Waals surface area contributed by atoms with E-state index in [-0.39, 0.29) is 29.9 Å². The lowest BCUT2D eigenvalue weighted by atomic mass is 9.84. The summed E-state index contributed by atoms with van der Waals surface area (Å²) in [7, 11) is 0. The van der Waals surface area contributed by atoms with Crippen LogP contribution in [-0.2, 0) is 10.2 Å². The van der Waals surface area contributed by atoms with Crippen molar-refractivity contribution in [3.05, 3.63) is 69.2 Å². The molecule has 0 fully saturated rings. The van der Waals surface area contributed by atoms with Crippen molar-refractivity contribution in [2.75, 3.05) is 13.1 Å². The standard InChI is InChI=1S/C20H20Cl2F2N2O2/c1-20(2,12-3-6-15(21)16(22)9-12)11-26-18(27)7-8-25-19(28)14-5-4-13(23)10-17(14)24/h3-6,9-10H,7-8,11H2,1-2H3,(H,25,28)(H,26,27). The van der Waals surface area contributed by atoms with Crippen LogP contribution in [0.15, 0.2) is 36.4 Å². The first-order valence-electron chi connectivity index (χ1n) is 8.55. The van der Waals surface area contributed by atoms with Gasteiger partial charge in [0.25, 0.3) is 5.91 Å². The van der Waals surface area contributed by atoms with Crippen LogP contribution in [0.4, 0.5) is 8.78 Å². The molecule has 2 rings (SSSR count). The van der Waals surface area contributed by atoms with Gasteiger partial charge in [0.05, 0.1) is 15.6 Å². The van der Waals surface area contributed by atoms with Crippen molar-refractivity contribution in [2.45, 2.75) is 25.7 Å². The molecular weight excluding hydrogens is 409 g/mol. The maximum atomic E-state index is 13.6. The highest BCUT2D eigenvalue weighted by molar-refractivity contribution is 6.42. The van der Waals surface area contributed by atoms with Gasteiger partial charge < -0.3 is 10.6 Å². The third-order valence-corrected chi connectivity index (χ3v) is 4.98. The molecule has 2 amide bonds. The smallest absolute Gasteiger partial charge is 0.254 e. The van der Waals surface area contributed by atoms with Crippen molar-refractivity contribution in [1.82, 2.24) is 10.6 Å². The molecule has 2 aromatic carbocycles. The van der Waals surface area contributed by atoms with Crippen LogP contribution in [-0.4, -0.2) is 24.9 Å². The van der Waals surface area contributed by atoms with Gasteiger partial charge in [-0.05, 0) is 29.8 Å². The van der Waals surface area contributed by atoms with Crippen LogP contribution in [0, 0.1) is 11.6 Å². The van der Waals surface area contributed by atoms with Gasteiger partial charge >= 0.3 is 0 Å². The highest BCUT2D eigenvalue weighted by Gasteiger charge is 2.22. The number of carbonyl (C=O) groups excluding carboxylic acids is 2. The molecule has 0 saturated carbocycles. The topological polar surface area (TPSA) is 58.2 Å². The summed E-state index contributed by atoms with van der Waals surface area (Å²) in [6, 6.07) is 7.99. The fraction of sp³-hybridized carbons (Fsp3) is 0.300. The van der Waals surface area contributed by atoms with Gasteiger partial charge in [0.15, 0.2) is 0 Å². The van der Waals surface area contributed by atoms with Gasteiger partial charge in [-0.1, -0.05) is 43.1 Å². The summed E-state index contributed by atoms with van der Waals surface area (Å²) in [5, 5.41) is 6.13. The lowest BCUT2D eigenvalue weighted by Crippen LogP contribution is -2.38. The van der Waals surface area contributed by atoms with Gasteiger partial charge in [0.2, 0.25) is 5.91 Å². The molecule has 0 aliphatic rings. The minimum Gasteiger partial charge on any atom is -0.355 e. The Morgan fingerprint density at radius 2 is 1.71 bits per heavy atom. The van der Waals surface area contributed by atoms with Crippen LogP contribution >= 0.6 is 23.2 Å². The largest absolute Gasteiger partial charge is 0.355 e. The number of benzene rings is 2. The number of hydrogen-bond donors (Lipinski definition) is 2. The van der Waals surface area contributed by atoms with E-state index >= 15 is 0 Å². The van der Waals surface area contributed by atoms with Crippen molar-refractivity contribution in [3.8, 4) is 0 Å². The maximum Gasteiger partial charge on any atom is 0.254 e. The van der Waals surface area contributed by atoms with E-state index in [4.69, 9.17) is 23.2 Å². The Bertz CT molecular complexity index is 889. The van der Waals surface area contributed by atoms with E-state index in [9.17, 15) is 18.4 Å².